The van der Waals surface area contributed by atoms with Crippen LogP contribution in [0.15, 0.2) is 59.7 Å². The fraction of sp³-hybridized carbons (Fsp3) is 0.143. The van der Waals surface area contributed by atoms with E-state index in [9.17, 15) is 4.79 Å². The van der Waals surface area contributed by atoms with Gasteiger partial charge < -0.3 is 10.3 Å². The molecule has 0 aliphatic heterocycles. The SMILES string of the molecule is Cc1ccc(-n2c(C)cc(/C=N/NC(=O)c3ccc(N)cc3)c2C)cc1. The predicted octanol–water partition coefficient (Wildman–Crippen LogP) is 3.75. The Bertz CT molecular complexity index is 951. The van der Waals surface area contributed by atoms with Gasteiger partial charge >= 0.3 is 0 Å². The van der Waals surface area contributed by atoms with Crippen molar-refractivity contribution in [1.82, 2.24) is 9.99 Å². The normalized spacial score (nSPS) is 11.0. The summed E-state index contributed by atoms with van der Waals surface area (Å²) >= 11 is 0. The van der Waals surface area contributed by atoms with E-state index in [2.05, 4.69) is 53.2 Å². The van der Waals surface area contributed by atoms with Crippen molar-refractivity contribution in [2.75, 3.05) is 5.73 Å². The maximum absolute atomic E-state index is 12.1. The molecule has 0 aliphatic carbocycles. The van der Waals surface area contributed by atoms with Gasteiger partial charge in [-0.2, -0.15) is 5.10 Å². The Morgan fingerprint density at radius 1 is 1.04 bits per heavy atom. The number of aromatic nitrogens is 1. The number of carbonyl (C=O) groups is 1. The minimum Gasteiger partial charge on any atom is -0.399 e. The number of carbonyl (C=O) groups excluding carboxylic acids is 1. The molecule has 0 bridgehead atoms. The molecule has 5 heteroatoms. The fourth-order valence-corrected chi connectivity index (χ4v) is 2.87. The van der Waals surface area contributed by atoms with E-state index in [1.54, 1.807) is 30.5 Å². The molecule has 0 aliphatic rings. The van der Waals surface area contributed by atoms with E-state index in [1.807, 2.05) is 13.0 Å². The lowest BCUT2D eigenvalue weighted by atomic mass is 10.2. The van der Waals surface area contributed by atoms with Crippen LogP contribution >= 0.6 is 0 Å². The molecule has 3 aromatic rings. The average molecular weight is 346 g/mol. The second-order valence-electron chi connectivity index (χ2n) is 6.32. The van der Waals surface area contributed by atoms with Crippen LogP contribution < -0.4 is 11.2 Å². The van der Waals surface area contributed by atoms with Crippen LogP contribution in [0.4, 0.5) is 5.69 Å². The number of hydrogen-bond donors (Lipinski definition) is 2. The summed E-state index contributed by atoms with van der Waals surface area (Å²) in [6.07, 6.45) is 1.67. The molecule has 26 heavy (non-hydrogen) atoms. The molecule has 2 aromatic carbocycles. The summed E-state index contributed by atoms with van der Waals surface area (Å²) in [6, 6.07) is 17.1. The molecular formula is C21H22N4O. The topological polar surface area (TPSA) is 72.4 Å². The van der Waals surface area contributed by atoms with Crippen LogP contribution in [0.2, 0.25) is 0 Å². The van der Waals surface area contributed by atoms with E-state index in [4.69, 9.17) is 5.73 Å². The Kier molecular flexibility index (Phi) is 4.89. The molecule has 0 radical (unpaired) electrons. The summed E-state index contributed by atoms with van der Waals surface area (Å²) in [5.74, 6) is -0.270. The number of nitrogens with two attached hydrogens (primary N) is 1. The highest BCUT2D eigenvalue weighted by Gasteiger charge is 2.09. The van der Waals surface area contributed by atoms with Crippen LogP contribution in [0, 0.1) is 20.8 Å². The molecule has 1 aromatic heterocycles. The first kappa shape index (κ1) is 17.5. The minimum atomic E-state index is -0.270. The van der Waals surface area contributed by atoms with Gasteiger partial charge in [0, 0.05) is 33.9 Å². The van der Waals surface area contributed by atoms with E-state index >= 15 is 0 Å². The summed E-state index contributed by atoms with van der Waals surface area (Å²) in [4.78, 5) is 12.1. The van der Waals surface area contributed by atoms with Crippen molar-refractivity contribution in [3.05, 3.63) is 82.7 Å². The van der Waals surface area contributed by atoms with Gasteiger partial charge in [0.15, 0.2) is 0 Å². The monoisotopic (exact) mass is 346 g/mol. The highest BCUT2D eigenvalue weighted by Crippen LogP contribution is 2.20. The Balaban J connectivity index is 1.77. The van der Waals surface area contributed by atoms with Gasteiger partial charge in [0.1, 0.15) is 0 Å². The lowest BCUT2D eigenvalue weighted by molar-refractivity contribution is 0.0955. The zero-order valence-electron chi connectivity index (χ0n) is 15.2. The Morgan fingerprint density at radius 2 is 1.69 bits per heavy atom. The molecule has 0 saturated heterocycles. The molecule has 3 rings (SSSR count). The van der Waals surface area contributed by atoms with Crippen molar-refractivity contribution in [1.29, 1.82) is 0 Å². The molecule has 5 nitrogen and oxygen atoms in total. The van der Waals surface area contributed by atoms with Crippen molar-refractivity contribution in [2.45, 2.75) is 20.8 Å². The number of hydrazone groups is 1. The van der Waals surface area contributed by atoms with Crippen LogP contribution in [-0.4, -0.2) is 16.7 Å². The maximum atomic E-state index is 12.1. The van der Waals surface area contributed by atoms with Gasteiger partial charge in [-0.25, -0.2) is 5.43 Å². The number of hydrogen-bond acceptors (Lipinski definition) is 3. The highest BCUT2D eigenvalue weighted by atomic mass is 16.2. The van der Waals surface area contributed by atoms with Gasteiger partial charge in [-0.05, 0) is 63.2 Å². The number of rotatable bonds is 4. The minimum absolute atomic E-state index is 0.270. The largest absolute Gasteiger partial charge is 0.399 e. The number of amides is 1. The quantitative estimate of drug-likeness (QED) is 0.429. The van der Waals surface area contributed by atoms with Crippen molar-refractivity contribution < 1.29 is 4.79 Å². The number of nitrogen functional groups attached to an aromatic ring is 1. The summed E-state index contributed by atoms with van der Waals surface area (Å²) in [7, 11) is 0. The zero-order chi connectivity index (χ0) is 18.7. The number of anilines is 1. The highest BCUT2D eigenvalue weighted by molar-refractivity contribution is 5.95. The first-order valence-corrected chi connectivity index (χ1v) is 8.40. The summed E-state index contributed by atoms with van der Waals surface area (Å²) in [6.45, 7) is 6.16. The second-order valence-corrected chi connectivity index (χ2v) is 6.32. The van der Waals surface area contributed by atoms with Gasteiger partial charge in [0.05, 0.1) is 6.21 Å². The van der Waals surface area contributed by atoms with Gasteiger partial charge in [-0.1, -0.05) is 17.7 Å². The number of aryl methyl sites for hydroxylation is 2. The summed E-state index contributed by atoms with van der Waals surface area (Å²) < 4.78 is 2.17. The van der Waals surface area contributed by atoms with Gasteiger partial charge in [-0.15, -0.1) is 0 Å². The van der Waals surface area contributed by atoms with Crippen molar-refractivity contribution in [3.8, 4) is 5.69 Å². The number of nitrogens with zero attached hydrogens (tertiary/aromatic N) is 2. The zero-order valence-corrected chi connectivity index (χ0v) is 15.2. The van der Waals surface area contributed by atoms with Crippen LogP contribution in [0.3, 0.4) is 0 Å². The first-order chi connectivity index (χ1) is 12.5. The molecule has 0 saturated carbocycles. The Labute approximate surface area is 153 Å². The third-order valence-electron chi connectivity index (χ3n) is 4.31. The van der Waals surface area contributed by atoms with E-state index in [0.29, 0.717) is 11.3 Å². The third kappa shape index (κ3) is 3.67. The molecule has 3 N–H and O–H groups in total. The summed E-state index contributed by atoms with van der Waals surface area (Å²) in [5, 5.41) is 4.09. The Hall–Kier alpha value is -3.34. The lowest BCUT2D eigenvalue weighted by Crippen LogP contribution is -2.17. The second kappa shape index (κ2) is 7.27. The van der Waals surface area contributed by atoms with E-state index < -0.39 is 0 Å². The molecule has 0 spiro atoms. The van der Waals surface area contributed by atoms with Crippen molar-refractivity contribution in [3.63, 3.8) is 0 Å². The van der Waals surface area contributed by atoms with Gasteiger partial charge in [0.25, 0.3) is 5.91 Å². The van der Waals surface area contributed by atoms with Crippen molar-refractivity contribution >= 4 is 17.8 Å². The first-order valence-electron chi connectivity index (χ1n) is 8.40. The number of nitrogens with one attached hydrogen (secondary N) is 1. The maximum Gasteiger partial charge on any atom is 0.271 e. The van der Waals surface area contributed by atoms with Crippen LogP contribution in [-0.2, 0) is 0 Å². The summed E-state index contributed by atoms with van der Waals surface area (Å²) in [5.41, 5.74) is 14.8. The fourth-order valence-electron chi connectivity index (χ4n) is 2.87. The molecule has 1 heterocycles. The predicted molar refractivity (Wildman–Crippen MR) is 106 cm³/mol. The molecule has 132 valence electrons. The van der Waals surface area contributed by atoms with E-state index in [1.165, 1.54) is 5.56 Å². The van der Waals surface area contributed by atoms with Crippen LogP contribution in [0.25, 0.3) is 5.69 Å². The third-order valence-corrected chi connectivity index (χ3v) is 4.31. The van der Waals surface area contributed by atoms with Gasteiger partial charge in [0.2, 0.25) is 0 Å². The molecule has 0 fully saturated rings. The molecule has 0 unspecified atom stereocenters. The van der Waals surface area contributed by atoms with E-state index in [0.717, 1.165) is 22.6 Å². The molecule has 0 atom stereocenters. The molecule has 1 amide bonds. The lowest BCUT2D eigenvalue weighted by Gasteiger charge is -2.09. The average Bonchev–Trinajstić information content (AvgIpc) is 2.90. The van der Waals surface area contributed by atoms with Crippen LogP contribution in [0.5, 0.6) is 0 Å². The van der Waals surface area contributed by atoms with Crippen molar-refractivity contribution in [2.24, 2.45) is 5.10 Å². The Morgan fingerprint density at radius 3 is 2.35 bits per heavy atom. The standard InChI is InChI=1S/C21H22N4O/c1-14-4-10-20(11-5-14)25-15(2)12-18(16(25)3)13-23-24-21(26)17-6-8-19(22)9-7-17/h4-13H,22H2,1-3H3,(H,24,26)/b23-13+. The number of benzene rings is 2. The molecular weight excluding hydrogens is 324 g/mol. The smallest absolute Gasteiger partial charge is 0.271 e. The van der Waals surface area contributed by atoms with Crippen LogP contribution in [0.1, 0.15) is 32.9 Å². The van der Waals surface area contributed by atoms with E-state index in [-0.39, 0.29) is 5.91 Å². The van der Waals surface area contributed by atoms with Gasteiger partial charge in [-0.3, -0.25) is 4.79 Å².